The average Bonchev–Trinajstić information content (AvgIpc) is 3.16. The molecule has 0 aromatic carbocycles. The largest absolute Gasteiger partial charge is 0.378 e. The number of halogens is 1. The molecule has 0 bridgehead atoms. The van der Waals surface area contributed by atoms with Crippen LogP contribution in [0.5, 0.6) is 0 Å². The van der Waals surface area contributed by atoms with Gasteiger partial charge in [0.2, 0.25) is 5.91 Å². The fraction of sp³-hybridized carbons (Fsp3) is 0.923. The average molecular weight is 304 g/mol. The molecule has 1 atom stereocenters. The number of nitrogens with one attached hydrogen (secondary N) is 1. The molecule has 2 aliphatic rings. The van der Waals surface area contributed by atoms with E-state index in [0.29, 0.717) is 17.9 Å². The molecule has 98 valence electrons. The molecule has 2 rings (SSSR count). The Morgan fingerprint density at radius 1 is 1.41 bits per heavy atom. The van der Waals surface area contributed by atoms with Gasteiger partial charge in [-0.25, -0.2) is 0 Å². The van der Waals surface area contributed by atoms with Crippen molar-refractivity contribution in [2.45, 2.75) is 51.0 Å². The number of carbonyl (C=O) groups is 1. The second-order valence-corrected chi connectivity index (χ2v) is 6.00. The van der Waals surface area contributed by atoms with E-state index in [4.69, 9.17) is 4.74 Å². The summed E-state index contributed by atoms with van der Waals surface area (Å²) in [6.07, 6.45) is 7.85. The fourth-order valence-corrected chi connectivity index (χ4v) is 3.00. The zero-order chi connectivity index (χ0) is 12.1. The second kappa shape index (κ2) is 6.19. The summed E-state index contributed by atoms with van der Waals surface area (Å²) in [5.74, 6) is 0.186. The molecule has 3 nitrogen and oxygen atoms in total. The number of ether oxygens (including phenoxy) is 1. The van der Waals surface area contributed by atoms with E-state index in [-0.39, 0.29) is 5.91 Å². The third-order valence-corrected chi connectivity index (χ3v) is 5.06. The Hall–Kier alpha value is -0.0900. The van der Waals surface area contributed by atoms with Crippen molar-refractivity contribution in [3.8, 4) is 0 Å². The van der Waals surface area contributed by atoms with E-state index < -0.39 is 0 Å². The molecule has 2 fully saturated rings. The van der Waals surface area contributed by atoms with Gasteiger partial charge in [0.25, 0.3) is 0 Å². The monoisotopic (exact) mass is 303 g/mol. The maximum atomic E-state index is 11.7. The Bertz CT molecular complexity index is 260. The van der Waals surface area contributed by atoms with Crippen LogP contribution >= 0.6 is 15.9 Å². The standard InChI is InChI=1S/C13H22BrNO2/c14-9-13(6-7-13)10-15-12(16)5-4-11-3-1-2-8-17-11/h11H,1-10H2,(H,15,16). The van der Waals surface area contributed by atoms with Crippen LogP contribution < -0.4 is 5.32 Å². The van der Waals surface area contributed by atoms with Gasteiger partial charge in [-0.05, 0) is 43.9 Å². The topological polar surface area (TPSA) is 38.3 Å². The normalized spacial score (nSPS) is 26.5. The van der Waals surface area contributed by atoms with Crippen molar-refractivity contribution < 1.29 is 9.53 Å². The highest BCUT2D eigenvalue weighted by molar-refractivity contribution is 9.09. The lowest BCUT2D eigenvalue weighted by Gasteiger charge is -2.22. The minimum atomic E-state index is 0.186. The van der Waals surface area contributed by atoms with Crippen LogP contribution in [0.15, 0.2) is 0 Å². The molecule has 1 heterocycles. The predicted molar refractivity (Wildman–Crippen MR) is 71.3 cm³/mol. The van der Waals surface area contributed by atoms with Crippen molar-refractivity contribution in [3.63, 3.8) is 0 Å². The first kappa shape index (κ1) is 13.3. The molecule has 1 saturated heterocycles. The first-order valence-corrected chi connectivity index (χ1v) is 7.81. The number of hydrogen-bond acceptors (Lipinski definition) is 2. The zero-order valence-electron chi connectivity index (χ0n) is 10.3. The van der Waals surface area contributed by atoms with Gasteiger partial charge in [0.15, 0.2) is 0 Å². The Kier molecular flexibility index (Phi) is 4.86. The molecule has 1 saturated carbocycles. The lowest BCUT2D eigenvalue weighted by atomic mass is 10.0. The van der Waals surface area contributed by atoms with Gasteiger partial charge in [0.1, 0.15) is 0 Å². The molecule has 1 aliphatic heterocycles. The van der Waals surface area contributed by atoms with Crippen molar-refractivity contribution in [1.29, 1.82) is 0 Å². The molecule has 0 aromatic heterocycles. The van der Waals surface area contributed by atoms with Gasteiger partial charge in [-0.1, -0.05) is 15.9 Å². The van der Waals surface area contributed by atoms with Crippen molar-refractivity contribution in [3.05, 3.63) is 0 Å². The molecule has 0 spiro atoms. The second-order valence-electron chi connectivity index (χ2n) is 5.44. The number of alkyl halides is 1. The molecule has 1 amide bonds. The SMILES string of the molecule is O=C(CCC1CCCCO1)NCC1(CBr)CC1. The summed E-state index contributed by atoms with van der Waals surface area (Å²) in [6.45, 7) is 1.71. The van der Waals surface area contributed by atoms with Crippen LogP contribution in [-0.2, 0) is 9.53 Å². The zero-order valence-corrected chi connectivity index (χ0v) is 11.9. The van der Waals surface area contributed by atoms with Gasteiger partial charge in [-0.15, -0.1) is 0 Å². The van der Waals surface area contributed by atoms with Gasteiger partial charge in [0, 0.05) is 24.9 Å². The van der Waals surface area contributed by atoms with Crippen molar-refractivity contribution in [1.82, 2.24) is 5.32 Å². The van der Waals surface area contributed by atoms with Gasteiger partial charge in [-0.2, -0.15) is 0 Å². The number of carbonyl (C=O) groups excluding carboxylic acids is 1. The molecule has 1 unspecified atom stereocenters. The minimum Gasteiger partial charge on any atom is -0.378 e. The summed E-state index contributed by atoms with van der Waals surface area (Å²) in [5.41, 5.74) is 0.372. The van der Waals surface area contributed by atoms with E-state index in [1.165, 1.54) is 25.7 Å². The smallest absolute Gasteiger partial charge is 0.220 e. The van der Waals surface area contributed by atoms with E-state index in [0.717, 1.165) is 31.3 Å². The highest BCUT2D eigenvalue weighted by Gasteiger charge is 2.41. The maximum absolute atomic E-state index is 11.7. The van der Waals surface area contributed by atoms with Crippen molar-refractivity contribution in [2.75, 3.05) is 18.5 Å². The minimum absolute atomic E-state index is 0.186. The summed E-state index contributed by atoms with van der Waals surface area (Å²) in [4.78, 5) is 11.7. The van der Waals surface area contributed by atoms with Crippen LogP contribution in [0.2, 0.25) is 0 Å². The Morgan fingerprint density at radius 3 is 2.82 bits per heavy atom. The van der Waals surface area contributed by atoms with Crippen LogP contribution in [-0.4, -0.2) is 30.5 Å². The summed E-state index contributed by atoms with van der Waals surface area (Å²) < 4.78 is 5.62. The number of amides is 1. The Labute approximate surface area is 112 Å². The van der Waals surface area contributed by atoms with Crippen molar-refractivity contribution >= 4 is 21.8 Å². The Morgan fingerprint density at radius 2 is 2.24 bits per heavy atom. The number of rotatable bonds is 6. The molecular weight excluding hydrogens is 282 g/mol. The summed E-state index contributed by atoms with van der Waals surface area (Å²) in [5, 5.41) is 4.06. The molecular formula is C13H22BrNO2. The number of hydrogen-bond donors (Lipinski definition) is 1. The van der Waals surface area contributed by atoms with E-state index >= 15 is 0 Å². The lowest BCUT2D eigenvalue weighted by Crippen LogP contribution is -2.31. The van der Waals surface area contributed by atoms with Crippen molar-refractivity contribution in [2.24, 2.45) is 5.41 Å². The first-order valence-electron chi connectivity index (χ1n) is 6.68. The third-order valence-electron chi connectivity index (χ3n) is 3.87. The van der Waals surface area contributed by atoms with Gasteiger partial charge in [0.05, 0.1) is 6.10 Å². The summed E-state index contributed by atoms with van der Waals surface area (Å²) in [7, 11) is 0. The van der Waals surface area contributed by atoms with E-state index in [9.17, 15) is 4.79 Å². The third kappa shape index (κ3) is 4.25. The quantitative estimate of drug-likeness (QED) is 0.766. The molecule has 17 heavy (non-hydrogen) atoms. The van der Waals surface area contributed by atoms with Crippen LogP contribution in [0.1, 0.15) is 44.9 Å². The first-order chi connectivity index (χ1) is 8.24. The maximum Gasteiger partial charge on any atom is 0.220 e. The van der Waals surface area contributed by atoms with Crippen LogP contribution in [0.3, 0.4) is 0 Å². The molecule has 1 aliphatic carbocycles. The lowest BCUT2D eigenvalue weighted by molar-refractivity contribution is -0.122. The fourth-order valence-electron chi connectivity index (χ4n) is 2.24. The molecule has 1 N–H and O–H groups in total. The van der Waals surface area contributed by atoms with Crippen LogP contribution in [0.4, 0.5) is 0 Å². The van der Waals surface area contributed by atoms with Crippen LogP contribution in [0.25, 0.3) is 0 Å². The van der Waals surface area contributed by atoms with Gasteiger partial charge < -0.3 is 10.1 Å². The Balaban J connectivity index is 1.57. The molecule has 4 heteroatoms. The summed E-state index contributed by atoms with van der Waals surface area (Å²) >= 11 is 3.51. The van der Waals surface area contributed by atoms with Gasteiger partial charge >= 0.3 is 0 Å². The van der Waals surface area contributed by atoms with E-state index in [1.54, 1.807) is 0 Å². The molecule has 0 radical (unpaired) electrons. The van der Waals surface area contributed by atoms with E-state index in [2.05, 4.69) is 21.2 Å². The van der Waals surface area contributed by atoms with Gasteiger partial charge in [-0.3, -0.25) is 4.79 Å². The highest BCUT2D eigenvalue weighted by Crippen LogP contribution is 2.46. The predicted octanol–water partition coefficient (Wildman–Crippen LogP) is 2.63. The summed E-state index contributed by atoms with van der Waals surface area (Å²) in [6, 6.07) is 0. The highest BCUT2D eigenvalue weighted by atomic mass is 79.9. The van der Waals surface area contributed by atoms with E-state index in [1.807, 2.05) is 0 Å². The molecule has 0 aromatic rings. The van der Waals surface area contributed by atoms with Crippen LogP contribution in [0, 0.1) is 5.41 Å².